The summed E-state index contributed by atoms with van der Waals surface area (Å²) < 4.78 is 5.81. The van der Waals surface area contributed by atoms with Crippen molar-refractivity contribution in [2.24, 2.45) is 5.92 Å². The molecule has 1 aliphatic heterocycles. The zero-order chi connectivity index (χ0) is 25.2. The molecule has 1 saturated heterocycles. The van der Waals surface area contributed by atoms with Gasteiger partial charge in [0, 0.05) is 18.7 Å². The summed E-state index contributed by atoms with van der Waals surface area (Å²) in [6.45, 7) is 7.33. The highest BCUT2D eigenvalue weighted by Gasteiger charge is 2.46. The van der Waals surface area contributed by atoms with Crippen LogP contribution < -0.4 is 4.74 Å². The summed E-state index contributed by atoms with van der Waals surface area (Å²) in [7, 11) is 3.74. The number of hydrogen-bond donors (Lipinski definition) is 2. The van der Waals surface area contributed by atoms with Crippen LogP contribution in [0.25, 0.3) is 5.76 Å². The van der Waals surface area contributed by atoms with Gasteiger partial charge in [-0.2, -0.15) is 0 Å². The van der Waals surface area contributed by atoms with E-state index in [1.54, 1.807) is 24.3 Å². The molecule has 1 heterocycles. The fourth-order valence-electron chi connectivity index (χ4n) is 3.83. The van der Waals surface area contributed by atoms with Crippen LogP contribution in [-0.4, -0.2) is 65.5 Å². The fourth-order valence-corrected chi connectivity index (χ4v) is 4.02. The van der Waals surface area contributed by atoms with Gasteiger partial charge in [0.2, 0.25) is 0 Å². The molecule has 7 nitrogen and oxygen atoms in total. The second kappa shape index (κ2) is 10.5. The lowest BCUT2D eigenvalue weighted by atomic mass is 9.94. The van der Waals surface area contributed by atoms with Gasteiger partial charge >= 0.3 is 0 Å². The number of ketones is 1. The number of carbonyl (C=O) groups excluding carboxylic acids is 2. The predicted molar refractivity (Wildman–Crippen MR) is 132 cm³/mol. The van der Waals surface area contributed by atoms with E-state index in [0.29, 0.717) is 35.9 Å². The molecule has 3 rings (SSSR count). The summed E-state index contributed by atoms with van der Waals surface area (Å²) in [5.74, 6) is -0.766. The Balaban J connectivity index is 2.10. The smallest absolute Gasteiger partial charge is 0.295 e. The molecular formula is C26H31ClN2O5. The number of nitrogens with zero attached hydrogens (tertiary/aromatic N) is 2. The summed E-state index contributed by atoms with van der Waals surface area (Å²) in [5, 5.41) is 21.2. The Morgan fingerprint density at radius 3 is 2.47 bits per heavy atom. The SMILES string of the molecule is Cc1cc(/C(O)=C2/C(=O)C(=O)N(CCN(C)C)C2c2ccc(O)c(Cl)c2)ccc1OCC(C)C. The molecule has 182 valence electrons. The number of phenolic OH excluding ortho intramolecular Hbond substituents is 1. The van der Waals surface area contributed by atoms with Crippen molar-refractivity contribution in [3.8, 4) is 11.5 Å². The lowest BCUT2D eigenvalue weighted by molar-refractivity contribution is -0.140. The zero-order valence-corrected chi connectivity index (χ0v) is 20.9. The quantitative estimate of drug-likeness (QED) is 0.327. The van der Waals surface area contributed by atoms with E-state index >= 15 is 0 Å². The third kappa shape index (κ3) is 5.37. The van der Waals surface area contributed by atoms with Crippen molar-refractivity contribution in [1.82, 2.24) is 9.80 Å². The summed E-state index contributed by atoms with van der Waals surface area (Å²) in [5.41, 5.74) is 1.72. The maximum atomic E-state index is 13.1. The summed E-state index contributed by atoms with van der Waals surface area (Å²) in [6.07, 6.45) is 0. The van der Waals surface area contributed by atoms with Gasteiger partial charge in [-0.3, -0.25) is 9.59 Å². The minimum absolute atomic E-state index is 0.0132. The van der Waals surface area contributed by atoms with Crippen molar-refractivity contribution >= 4 is 29.1 Å². The number of halogens is 1. The number of phenols is 1. The van der Waals surface area contributed by atoms with Crippen LogP contribution in [0.3, 0.4) is 0 Å². The van der Waals surface area contributed by atoms with Crippen molar-refractivity contribution in [3.05, 3.63) is 63.7 Å². The van der Waals surface area contributed by atoms with Gasteiger partial charge in [0.05, 0.1) is 23.2 Å². The Morgan fingerprint density at radius 1 is 1.18 bits per heavy atom. The van der Waals surface area contributed by atoms with Crippen molar-refractivity contribution in [2.45, 2.75) is 26.8 Å². The molecule has 1 amide bonds. The van der Waals surface area contributed by atoms with Crippen LogP contribution in [-0.2, 0) is 9.59 Å². The molecule has 0 radical (unpaired) electrons. The van der Waals surface area contributed by atoms with Gasteiger partial charge in [-0.05, 0) is 68.4 Å². The van der Waals surface area contributed by atoms with Gasteiger partial charge in [-0.25, -0.2) is 0 Å². The van der Waals surface area contributed by atoms with Crippen LogP contribution in [0.1, 0.15) is 36.6 Å². The number of benzene rings is 2. The lowest BCUT2D eigenvalue weighted by Crippen LogP contribution is -2.35. The molecule has 0 aliphatic carbocycles. The molecule has 0 bridgehead atoms. The number of carbonyl (C=O) groups is 2. The van der Waals surface area contributed by atoms with Gasteiger partial charge in [-0.1, -0.05) is 31.5 Å². The minimum Gasteiger partial charge on any atom is -0.507 e. The highest BCUT2D eigenvalue weighted by atomic mass is 35.5. The molecule has 0 saturated carbocycles. The Morgan fingerprint density at radius 2 is 1.88 bits per heavy atom. The second-order valence-electron chi connectivity index (χ2n) is 9.19. The molecular weight excluding hydrogens is 456 g/mol. The number of aromatic hydroxyl groups is 1. The molecule has 1 atom stereocenters. The molecule has 8 heteroatoms. The maximum absolute atomic E-state index is 13.1. The number of ether oxygens (including phenoxy) is 1. The third-order valence-electron chi connectivity index (χ3n) is 5.64. The molecule has 2 aromatic rings. The highest BCUT2D eigenvalue weighted by molar-refractivity contribution is 6.46. The van der Waals surface area contributed by atoms with Crippen molar-refractivity contribution in [2.75, 3.05) is 33.8 Å². The van der Waals surface area contributed by atoms with Gasteiger partial charge < -0.3 is 24.7 Å². The molecule has 1 fully saturated rings. The molecule has 2 aromatic carbocycles. The van der Waals surface area contributed by atoms with Gasteiger partial charge in [-0.15, -0.1) is 0 Å². The van der Waals surface area contributed by atoms with Crippen LogP contribution in [0, 0.1) is 12.8 Å². The molecule has 34 heavy (non-hydrogen) atoms. The van der Waals surface area contributed by atoms with Crippen LogP contribution in [0.5, 0.6) is 11.5 Å². The van der Waals surface area contributed by atoms with E-state index in [1.807, 2.05) is 25.9 Å². The number of Topliss-reactive ketones (excluding diaryl/α,β-unsaturated/α-hetero) is 1. The molecule has 0 spiro atoms. The monoisotopic (exact) mass is 486 g/mol. The molecule has 2 N–H and O–H groups in total. The Kier molecular flexibility index (Phi) is 7.89. The van der Waals surface area contributed by atoms with Gasteiger partial charge in [0.1, 0.15) is 17.3 Å². The number of hydrogen-bond acceptors (Lipinski definition) is 6. The number of likely N-dealkylation sites (N-methyl/N-ethyl adjacent to an activating group) is 1. The summed E-state index contributed by atoms with van der Waals surface area (Å²) in [4.78, 5) is 29.4. The first-order chi connectivity index (χ1) is 16.0. The minimum atomic E-state index is -0.838. The third-order valence-corrected chi connectivity index (χ3v) is 5.94. The number of aliphatic hydroxyl groups is 1. The van der Waals surface area contributed by atoms with E-state index in [0.717, 1.165) is 5.56 Å². The average molecular weight is 487 g/mol. The first-order valence-electron chi connectivity index (χ1n) is 11.2. The van der Waals surface area contributed by atoms with E-state index < -0.39 is 17.7 Å². The number of aliphatic hydroxyl groups excluding tert-OH is 1. The number of amides is 1. The van der Waals surface area contributed by atoms with Crippen LogP contribution >= 0.6 is 11.6 Å². The number of aryl methyl sites for hydroxylation is 1. The first kappa shape index (κ1) is 25.6. The fraction of sp³-hybridized carbons (Fsp3) is 0.385. The zero-order valence-electron chi connectivity index (χ0n) is 20.1. The van der Waals surface area contributed by atoms with E-state index in [2.05, 4.69) is 13.8 Å². The predicted octanol–water partition coefficient (Wildman–Crippen LogP) is 4.37. The van der Waals surface area contributed by atoms with E-state index in [-0.39, 0.29) is 28.6 Å². The Bertz CT molecular complexity index is 1130. The standard InChI is InChI=1S/C26H31ClN2O5/c1-15(2)14-34-21-9-7-18(12-16(21)3)24(31)22-23(17-6-8-20(30)19(27)13-17)29(11-10-28(4)5)26(33)25(22)32/h6-9,12-13,15,23,30-31H,10-11,14H2,1-5H3/b24-22-. The topological polar surface area (TPSA) is 90.3 Å². The van der Waals surface area contributed by atoms with Crippen LogP contribution in [0.4, 0.5) is 0 Å². The molecule has 1 unspecified atom stereocenters. The second-order valence-corrected chi connectivity index (χ2v) is 9.60. The Hall–Kier alpha value is -3.03. The number of rotatable bonds is 8. The average Bonchev–Trinajstić information content (AvgIpc) is 3.02. The Labute approximate surface area is 205 Å². The van der Waals surface area contributed by atoms with Crippen molar-refractivity contribution in [1.29, 1.82) is 0 Å². The van der Waals surface area contributed by atoms with Gasteiger partial charge in [0.25, 0.3) is 11.7 Å². The lowest BCUT2D eigenvalue weighted by Gasteiger charge is -2.26. The van der Waals surface area contributed by atoms with Crippen molar-refractivity contribution < 1.29 is 24.5 Å². The first-order valence-corrected chi connectivity index (χ1v) is 11.5. The van der Waals surface area contributed by atoms with E-state index in [1.165, 1.54) is 17.0 Å². The molecule has 0 aromatic heterocycles. The van der Waals surface area contributed by atoms with E-state index in [4.69, 9.17) is 16.3 Å². The van der Waals surface area contributed by atoms with Gasteiger partial charge in [0.15, 0.2) is 0 Å². The largest absolute Gasteiger partial charge is 0.507 e. The normalized spacial score (nSPS) is 17.8. The highest BCUT2D eigenvalue weighted by Crippen LogP contribution is 2.41. The summed E-state index contributed by atoms with van der Waals surface area (Å²) >= 11 is 6.14. The van der Waals surface area contributed by atoms with Crippen LogP contribution in [0.2, 0.25) is 5.02 Å². The summed E-state index contributed by atoms with van der Waals surface area (Å²) in [6, 6.07) is 8.84. The van der Waals surface area contributed by atoms with E-state index in [9.17, 15) is 19.8 Å². The van der Waals surface area contributed by atoms with Crippen LogP contribution in [0.15, 0.2) is 42.0 Å². The van der Waals surface area contributed by atoms with Crippen molar-refractivity contribution in [3.63, 3.8) is 0 Å². The molecule has 1 aliphatic rings. The maximum Gasteiger partial charge on any atom is 0.295 e. The number of likely N-dealkylation sites (tertiary alicyclic amines) is 1.